The van der Waals surface area contributed by atoms with Crippen molar-refractivity contribution < 1.29 is 28.3 Å². The minimum Gasteiger partial charge on any atom is -0.507 e. The number of carbonyl (C=O) groups is 2. The van der Waals surface area contributed by atoms with Crippen LogP contribution in [0.5, 0.6) is 5.75 Å². The van der Waals surface area contributed by atoms with Gasteiger partial charge in [-0.3, -0.25) is 14.5 Å². The maximum atomic E-state index is 13.5. The minimum atomic E-state index is -1.00. The van der Waals surface area contributed by atoms with Gasteiger partial charge in [0.05, 0.1) is 18.2 Å². The van der Waals surface area contributed by atoms with Gasteiger partial charge in [-0.2, -0.15) is 0 Å². The van der Waals surface area contributed by atoms with Gasteiger partial charge in [-0.1, -0.05) is 17.3 Å². The number of aromatic nitrogens is 1. The molecule has 1 N–H and O–H groups in total. The number of halogens is 1. The Balaban J connectivity index is 1.87. The number of rotatable bonds is 5. The standard InChI is InChI=1S/C23H19FN2O5/c1-3-30-17-10-6-15(7-11-17)21(27)19-20(14-4-8-16(24)9-5-14)26(23(29)22(19)28)18-12-13(2)31-25-18/h4-12,20,27H,3H2,1-2H3. The summed E-state index contributed by atoms with van der Waals surface area (Å²) in [6.07, 6.45) is 0. The number of hydrogen-bond donors (Lipinski definition) is 1. The second-order valence-electron chi connectivity index (χ2n) is 6.97. The number of ketones is 1. The van der Waals surface area contributed by atoms with Crippen LogP contribution in [0.3, 0.4) is 0 Å². The van der Waals surface area contributed by atoms with Crippen LogP contribution in [0, 0.1) is 12.7 Å². The molecule has 4 rings (SSSR count). The van der Waals surface area contributed by atoms with Crippen LogP contribution in [0.2, 0.25) is 0 Å². The van der Waals surface area contributed by atoms with Crippen molar-refractivity contribution in [2.24, 2.45) is 0 Å². The quantitative estimate of drug-likeness (QED) is 0.377. The van der Waals surface area contributed by atoms with Crippen LogP contribution in [-0.2, 0) is 9.59 Å². The largest absolute Gasteiger partial charge is 0.507 e. The number of aryl methyl sites for hydroxylation is 1. The van der Waals surface area contributed by atoms with E-state index in [0.717, 1.165) is 4.90 Å². The molecule has 1 unspecified atom stereocenters. The Labute approximate surface area is 177 Å². The Bertz CT molecular complexity index is 1170. The van der Waals surface area contributed by atoms with Gasteiger partial charge in [0, 0.05) is 11.6 Å². The first kappa shape index (κ1) is 20.3. The van der Waals surface area contributed by atoms with Crippen LogP contribution in [0.1, 0.15) is 29.9 Å². The van der Waals surface area contributed by atoms with E-state index >= 15 is 0 Å². The topological polar surface area (TPSA) is 92.9 Å². The summed E-state index contributed by atoms with van der Waals surface area (Å²) in [5.41, 5.74) is 0.653. The normalized spacial score (nSPS) is 17.9. The molecule has 1 fully saturated rings. The fourth-order valence-corrected chi connectivity index (χ4v) is 3.53. The second-order valence-corrected chi connectivity index (χ2v) is 6.97. The van der Waals surface area contributed by atoms with Crippen molar-refractivity contribution in [3.63, 3.8) is 0 Å². The minimum absolute atomic E-state index is 0.124. The molecule has 1 aliphatic rings. The molecule has 0 saturated carbocycles. The second kappa shape index (κ2) is 8.06. The Kier molecular flexibility index (Phi) is 5.29. The zero-order valence-corrected chi connectivity index (χ0v) is 16.8. The Morgan fingerprint density at radius 2 is 1.84 bits per heavy atom. The molecular formula is C23H19FN2O5. The summed E-state index contributed by atoms with van der Waals surface area (Å²) < 4.78 is 24.0. The summed E-state index contributed by atoms with van der Waals surface area (Å²) >= 11 is 0. The average Bonchev–Trinajstić information content (AvgIpc) is 3.30. The average molecular weight is 422 g/mol. The third kappa shape index (κ3) is 3.68. The van der Waals surface area contributed by atoms with Gasteiger partial charge in [-0.05, 0) is 55.8 Å². The van der Waals surface area contributed by atoms with Crippen LogP contribution in [-0.4, -0.2) is 28.6 Å². The predicted molar refractivity (Wildman–Crippen MR) is 110 cm³/mol. The van der Waals surface area contributed by atoms with E-state index in [4.69, 9.17) is 9.26 Å². The molecular weight excluding hydrogens is 403 g/mol. The lowest BCUT2D eigenvalue weighted by atomic mass is 9.95. The monoisotopic (exact) mass is 422 g/mol. The molecule has 2 aromatic carbocycles. The smallest absolute Gasteiger partial charge is 0.301 e. The van der Waals surface area contributed by atoms with Gasteiger partial charge in [0.2, 0.25) is 0 Å². The van der Waals surface area contributed by atoms with E-state index in [1.54, 1.807) is 31.2 Å². The summed E-state index contributed by atoms with van der Waals surface area (Å²) in [5.74, 6) is -1.38. The highest BCUT2D eigenvalue weighted by Gasteiger charge is 2.48. The van der Waals surface area contributed by atoms with Crippen LogP contribution in [0.4, 0.5) is 10.2 Å². The van der Waals surface area contributed by atoms with E-state index in [1.807, 2.05) is 6.92 Å². The van der Waals surface area contributed by atoms with Crippen molar-refractivity contribution in [3.8, 4) is 5.75 Å². The number of hydrogen-bond acceptors (Lipinski definition) is 6. The third-order valence-corrected chi connectivity index (χ3v) is 4.93. The van der Waals surface area contributed by atoms with Crippen LogP contribution in [0.15, 0.2) is 64.7 Å². The van der Waals surface area contributed by atoms with Crippen LogP contribution >= 0.6 is 0 Å². The first-order valence-electron chi connectivity index (χ1n) is 9.63. The lowest BCUT2D eigenvalue weighted by Gasteiger charge is -2.22. The van der Waals surface area contributed by atoms with E-state index in [-0.39, 0.29) is 17.2 Å². The summed E-state index contributed by atoms with van der Waals surface area (Å²) in [4.78, 5) is 27.0. The molecule has 158 valence electrons. The number of benzene rings is 2. The SMILES string of the molecule is CCOc1ccc(C(O)=C2C(=O)C(=O)N(c3cc(C)on3)C2c2ccc(F)cc2)cc1. The van der Waals surface area contributed by atoms with E-state index in [0.29, 0.717) is 29.2 Å². The molecule has 7 nitrogen and oxygen atoms in total. The van der Waals surface area contributed by atoms with Gasteiger partial charge in [0.25, 0.3) is 5.78 Å². The number of carbonyl (C=O) groups excluding carboxylic acids is 2. The highest BCUT2D eigenvalue weighted by molar-refractivity contribution is 6.51. The number of aliphatic hydroxyl groups is 1. The van der Waals surface area contributed by atoms with Gasteiger partial charge in [-0.25, -0.2) is 4.39 Å². The van der Waals surface area contributed by atoms with Crippen molar-refractivity contribution in [1.29, 1.82) is 0 Å². The number of anilines is 1. The maximum Gasteiger partial charge on any atom is 0.301 e. The number of Topliss-reactive ketones (excluding diaryl/α,β-unsaturated/α-hetero) is 1. The van der Waals surface area contributed by atoms with Crippen molar-refractivity contribution in [1.82, 2.24) is 5.16 Å². The van der Waals surface area contributed by atoms with Gasteiger partial charge < -0.3 is 14.4 Å². The van der Waals surface area contributed by atoms with E-state index in [1.165, 1.54) is 30.3 Å². The predicted octanol–water partition coefficient (Wildman–Crippen LogP) is 4.15. The molecule has 2 heterocycles. The van der Waals surface area contributed by atoms with Gasteiger partial charge in [-0.15, -0.1) is 0 Å². The molecule has 31 heavy (non-hydrogen) atoms. The maximum absolute atomic E-state index is 13.5. The molecule has 0 bridgehead atoms. The molecule has 0 aliphatic carbocycles. The Morgan fingerprint density at radius 3 is 2.42 bits per heavy atom. The molecule has 0 spiro atoms. The van der Waals surface area contributed by atoms with Crippen molar-refractivity contribution in [2.75, 3.05) is 11.5 Å². The third-order valence-electron chi connectivity index (χ3n) is 4.93. The molecule has 1 aromatic heterocycles. The highest BCUT2D eigenvalue weighted by Crippen LogP contribution is 2.42. The van der Waals surface area contributed by atoms with Crippen molar-refractivity contribution >= 4 is 23.3 Å². The molecule has 1 saturated heterocycles. The fourth-order valence-electron chi connectivity index (χ4n) is 3.53. The molecule has 3 aromatic rings. The Morgan fingerprint density at radius 1 is 1.16 bits per heavy atom. The zero-order chi connectivity index (χ0) is 22.1. The number of aliphatic hydroxyl groups excluding tert-OH is 1. The zero-order valence-electron chi connectivity index (χ0n) is 16.8. The van der Waals surface area contributed by atoms with E-state index in [9.17, 15) is 19.1 Å². The molecule has 0 radical (unpaired) electrons. The lowest BCUT2D eigenvalue weighted by molar-refractivity contribution is -0.132. The van der Waals surface area contributed by atoms with Crippen LogP contribution in [0.25, 0.3) is 5.76 Å². The number of ether oxygens (including phenoxy) is 1. The first-order valence-corrected chi connectivity index (χ1v) is 9.63. The molecule has 1 aliphatic heterocycles. The first-order chi connectivity index (χ1) is 14.9. The Hall–Kier alpha value is -3.94. The van der Waals surface area contributed by atoms with Crippen LogP contribution < -0.4 is 9.64 Å². The molecule has 1 atom stereocenters. The summed E-state index contributed by atoms with van der Waals surface area (Å²) in [5, 5.41) is 14.9. The van der Waals surface area contributed by atoms with E-state index < -0.39 is 23.5 Å². The van der Waals surface area contributed by atoms with Gasteiger partial charge in [0.1, 0.15) is 23.1 Å². The van der Waals surface area contributed by atoms with Crippen molar-refractivity contribution in [3.05, 3.63) is 82.9 Å². The fraction of sp³-hybridized carbons (Fsp3) is 0.174. The molecule has 1 amide bonds. The lowest BCUT2D eigenvalue weighted by Crippen LogP contribution is -2.29. The summed E-state index contributed by atoms with van der Waals surface area (Å²) in [6.45, 7) is 3.99. The highest BCUT2D eigenvalue weighted by atomic mass is 19.1. The number of nitrogens with zero attached hydrogens (tertiary/aromatic N) is 2. The summed E-state index contributed by atoms with van der Waals surface area (Å²) in [6, 6.07) is 12.4. The van der Waals surface area contributed by atoms with Crippen molar-refractivity contribution in [2.45, 2.75) is 19.9 Å². The number of amides is 1. The van der Waals surface area contributed by atoms with E-state index in [2.05, 4.69) is 5.16 Å². The molecule has 8 heteroatoms. The summed E-state index contributed by atoms with van der Waals surface area (Å²) in [7, 11) is 0. The van der Waals surface area contributed by atoms with Gasteiger partial charge in [0.15, 0.2) is 5.82 Å². The van der Waals surface area contributed by atoms with Gasteiger partial charge >= 0.3 is 5.91 Å².